The van der Waals surface area contributed by atoms with Gasteiger partial charge in [-0.25, -0.2) is 4.98 Å². The molecule has 1 heterocycles. The fourth-order valence-electron chi connectivity index (χ4n) is 5.43. The summed E-state index contributed by atoms with van der Waals surface area (Å²) in [6, 6.07) is 21.6. The van der Waals surface area contributed by atoms with Crippen molar-refractivity contribution >= 4 is 10.9 Å². The summed E-state index contributed by atoms with van der Waals surface area (Å²) in [5.41, 5.74) is 9.64. The van der Waals surface area contributed by atoms with Gasteiger partial charge in [-0.05, 0) is 67.5 Å². The quantitative estimate of drug-likeness (QED) is 0.375. The van der Waals surface area contributed by atoms with Crippen LogP contribution in [0.15, 0.2) is 71.5 Å². The van der Waals surface area contributed by atoms with Gasteiger partial charge in [0.1, 0.15) is 17.3 Å². The summed E-state index contributed by atoms with van der Waals surface area (Å²) in [5, 5.41) is 0.659. The van der Waals surface area contributed by atoms with Gasteiger partial charge in [-0.15, -0.1) is 0 Å². The lowest BCUT2D eigenvalue weighted by atomic mass is 9.81. The third-order valence-electron chi connectivity index (χ3n) is 7.39. The number of hydrogen-bond acceptors (Lipinski definition) is 5. The summed E-state index contributed by atoms with van der Waals surface area (Å²) in [6.07, 6.45) is 4.52. The van der Waals surface area contributed by atoms with E-state index < -0.39 is 0 Å². The molecule has 2 unspecified atom stereocenters. The zero-order valence-electron chi connectivity index (χ0n) is 20.9. The van der Waals surface area contributed by atoms with Crippen LogP contribution in [0, 0.1) is 11.8 Å². The van der Waals surface area contributed by atoms with Gasteiger partial charge in [0.05, 0.1) is 25.1 Å². The van der Waals surface area contributed by atoms with Gasteiger partial charge in [-0.1, -0.05) is 42.8 Å². The SMILES string of the molecule is COc1ccc(-c2ccc(-c3nc4ccccc4c(=O)n3CC3CCCC(CN)C3)cc2)c(OC)c1. The number of methoxy groups -OCH3 is 2. The van der Waals surface area contributed by atoms with Crippen molar-refractivity contribution < 1.29 is 9.47 Å². The van der Waals surface area contributed by atoms with Crippen LogP contribution in [0.3, 0.4) is 0 Å². The Balaban J connectivity index is 1.55. The van der Waals surface area contributed by atoms with Gasteiger partial charge in [0, 0.05) is 23.7 Å². The number of fused-ring (bicyclic) bond motifs is 1. The molecule has 6 heteroatoms. The van der Waals surface area contributed by atoms with Crippen molar-refractivity contribution in [3.8, 4) is 34.0 Å². The molecule has 6 nitrogen and oxygen atoms in total. The molecule has 0 aliphatic heterocycles. The minimum Gasteiger partial charge on any atom is -0.497 e. The Hall–Kier alpha value is -3.64. The Morgan fingerprint density at radius 2 is 1.69 bits per heavy atom. The van der Waals surface area contributed by atoms with Crippen LogP contribution < -0.4 is 20.8 Å². The van der Waals surface area contributed by atoms with Gasteiger partial charge < -0.3 is 15.2 Å². The van der Waals surface area contributed by atoms with Crippen molar-refractivity contribution in [1.29, 1.82) is 0 Å². The zero-order chi connectivity index (χ0) is 25.1. The van der Waals surface area contributed by atoms with Crippen molar-refractivity contribution in [3.63, 3.8) is 0 Å². The predicted octanol–water partition coefficient (Wildman–Crippen LogP) is 5.51. The summed E-state index contributed by atoms with van der Waals surface area (Å²) in [6.45, 7) is 1.38. The first-order valence-corrected chi connectivity index (χ1v) is 12.6. The molecule has 186 valence electrons. The molecule has 0 amide bonds. The van der Waals surface area contributed by atoms with Gasteiger partial charge >= 0.3 is 0 Å². The smallest absolute Gasteiger partial charge is 0.261 e. The molecule has 1 aliphatic carbocycles. The maximum absolute atomic E-state index is 13.6. The first-order chi connectivity index (χ1) is 17.6. The Labute approximate surface area is 211 Å². The van der Waals surface area contributed by atoms with E-state index >= 15 is 0 Å². The van der Waals surface area contributed by atoms with E-state index in [0.29, 0.717) is 36.1 Å². The number of aromatic nitrogens is 2. The van der Waals surface area contributed by atoms with E-state index in [2.05, 4.69) is 12.1 Å². The molecule has 2 atom stereocenters. The lowest BCUT2D eigenvalue weighted by Gasteiger charge is -2.29. The van der Waals surface area contributed by atoms with Crippen LogP contribution in [0.2, 0.25) is 0 Å². The molecule has 5 rings (SSSR count). The van der Waals surface area contributed by atoms with E-state index in [1.165, 1.54) is 6.42 Å². The monoisotopic (exact) mass is 483 g/mol. The lowest BCUT2D eigenvalue weighted by Crippen LogP contribution is -2.30. The van der Waals surface area contributed by atoms with Crippen LogP contribution in [-0.4, -0.2) is 30.3 Å². The van der Waals surface area contributed by atoms with Gasteiger partial charge in [0.2, 0.25) is 0 Å². The fourth-order valence-corrected chi connectivity index (χ4v) is 5.43. The molecule has 1 aliphatic rings. The van der Waals surface area contributed by atoms with E-state index in [4.69, 9.17) is 20.2 Å². The largest absolute Gasteiger partial charge is 0.497 e. The van der Waals surface area contributed by atoms with Crippen molar-refractivity contribution in [1.82, 2.24) is 9.55 Å². The molecule has 0 spiro atoms. The van der Waals surface area contributed by atoms with Gasteiger partial charge in [-0.3, -0.25) is 9.36 Å². The highest BCUT2D eigenvalue weighted by molar-refractivity contribution is 5.80. The summed E-state index contributed by atoms with van der Waals surface area (Å²) in [5.74, 6) is 3.16. The first-order valence-electron chi connectivity index (χ1n) is 12.6. The summed E-state index contributed by atoms with van der Waals surface area (Å²) in [7, 11) is 3.30. The molecule has 1 saturated carbocycles. The van der Waals surface area contributed by atoms with Gasteiger partial charge in [0.25, 0.3) is 5.56 Å². The van der Waals surface area contributed by atoms with E-state index in [0.717, 1.165) is 53.0 Å². The second-order valence-electron chi connectivity index (χ2n) is 9.65. The number of rotatable bonds is 7. The number of hydrogen-bond donors (Lipinski definition) is 1. The molecule has 3 aromatic carbocycles. The first kappa shape index (κ1) is 24.1. The van der Waals surface area contributed by atoms with Crippen LogP contribution in [0.1, 0.15) is 25.7 Å². The molecule has 0 bridgehead atoms. The zero-order valence-corrected chi connectivity index (χ0v) is 20.9. The Morgan fingerprint density at radius 1 is 0.944 bits per heavy atom. The molecular weight excluding hydrogens is 450 g/mol. The number of nitrogens with zero attached hydrogens (tertiary/aromatic N) is 2. The topological polar surface area (TPSA) is 79.4 Å². The minimum atomic E-state index is 0.0198. The predicted molar refractivity (Wildman–Crippen MR) is 144 cm³/mol. The van der Waals surface area contributed by atoms with E-state index in [9.17, 15) is 4.79 Å². The average molecular weight is 484 g/mol. The molecular formula is C30H33N3O3. The van der Waals surface area contributed by atoms with Crippen LogP contribution >= 0.6 is 0 Å². The van der Waals surface area contributed by atoms with E-state index in [1.807, 2.05) is 59.2 Å². The van der Waals surface area contributed by atoms with Gasteiger partial charge in [-0.2, -0.15) is 0 Å². The van der Waals surface area contributed by atoms with Crippen LogP contribution in [-0.2, 0) is 6.54 Å². The molecule has 4 aromatic rings. The van der Waals surface area contributed by atoms with Crippen molar-refractivity contribution in [2.75, 3.05) is 20.8 Å². The standard InChI is InChI=1S/C30H33N3O3/c1-35-24-14-15-25(28(17-24)36-2)22-10-12-23(13-11-22)29-32-27-9-4-3-8-26(27)30(34)33(29)19-21-7-5-6-20(16-21)18-31/h3-4,8-15,17,20-21H,5-7,16,18-19,31H2,1-2H3. The molecule has 0 radical (unpaired) electrons. The van der Waals surface area contributed by atoms with E-state index in [1.54, 1.807) is 14.2 Å². The minimum absolute atomic E-state index is 0.0198. The highest BCUT2D eigenvalue weighted by Crippen LogP contribution is 2.35. The van der Waals surface area contributed by atoms with Crippen molar-refractivity contribution in [2.24, 2.45) is 17.6 Å². The second-order valence-corrected chi connectivity index (χ2v) is 9.65. The third-order valence-corrected chi connectivity index (χ3v) is 7.39. The third kappa shape index (κ3) is 4.73. The highest BCUT2D eigenvalue weighted by atomic mass is 16.5. The molecule has 0 saturated heterocycles. The molecule has 1 fully saturated rings. The fraction of sp³-hybridized carbons (Fsp3) is 0.333. The number of nitrogens with two attached hydrogens (primary N) is 1. The van der Waals surface area contributed by atoms with Gasteiger partial charge in [0.15, 0.2) is 0 Å². The second kappa shape index (κ2) is 10.5. The molecule has 36 heavy (non-hydrogen) atoms. The van der Waals surface area contributed by atoms with Crippen LogP contribution in [0.4, 0.5) is 0 Å². The summed E-state index contributed by atoms with van der Waals surface area (Å²) >= 11 is 0. The molecule has 2 N–H and O–H groups in total. The summed E-state index contributed by atoms with van der Waals surface area (Å²) < 4.78 is 12.8. The van der Waals surface area contributed by atoms with Crippen molar-refractivity contribution in [3.05, 3.63) is 77.1 Å². The van der Waals surface area contributed by atoms with Crippen LogP contribution in [0.25, 0.3) is 33.4 Å². The maximum atomic E-state index is 13.6. The van der Waals surface area contributed by atoms with Crippen LogP contribution in [0.5, 0.6) is 11.5 Å². The summed E-state index contributed by atoms with van der Waals surface area (Å²) in [4.78, 5) is 18.6. The number of ether oxygens (including phenoxy) is 2. The lowest BCUT2D eigenvalue weighted by molar-refractivity contribution is 0.246. The average Bonchev–Trinajstić information content (AvgIpc) is 2.94. The molecule has 1 aromatic heterocycles. The number of para-hydroxylation sites is 1. The Kier molecular flexibility index (Phi) is 7.05. The van der Waals surface area contributed by atoms with E-state index in [-0.39, 0.29) is 5.56 Å². The van der Waals surface area contributed by atoms with Crippen molar-refractivity contribution in [2.45, 2.75) is 32.2 Å². The number of benzene rings is 3. The highest BCUT2D eigenvalue weighted by Gasteiger charge is 2.24. The maximum Gasteiger partial charge on any atom is 0.261 e. The normalized spacial score (nSPS) is 17.8. The Morgan fingerprint density at radius 3 is 2.44 bits per heavy atom. The Bertz CT molecular complexity index is 1410.